The number of nitrogens with zero attached hydrogens (tertiary/aromatic N) is 2. The van der Waals surface area contributed by atoms with Gasteiger partial charge in [-0.2, -0.15) is 13.2 Å². The van der Waals surface area contributed by atoms with Gasteiger partial charge in [0.15, 0.2) is 0 Å². The molecule has 0 fully saturated rings. The maximum absolute atomic E-state index is 12.6. The van der Waals surface area contributed by atoms with E-state index in [9.17, 15) is 13.2 Å². The van der Waals surface area contributed by atoms with Gasteiger partial charge in [-0.15, -0.1) is 11.3 Å². The molecular formula is C16H11F3N2S. The van der Waals surface area contributed by atoms with Gasteiger partial charge in [-0.1, -0.05) is 12.1 Å². The average molecular weight is 320 g/mol. The second kappa shape index (κ2) is 5.53. The van der Waals surface area contributed by atoms with Crippen molar-refractivity contribution in [2.45, 2.75) is 13.1 Å². The first-order valence-corrected chi connectivity index (χ1v) is 7.37. The molecule has 0 radical (unpaired) electrons. The lowest BCUT2D eigenvalue weighted by Gasteiger charge is -2.09. The number of hydrogen-bond donors (Lipinski definition) is 0. The lowest BCUT2D eigenvalue weighted by atomic mass is 10.0. The van der Waals surface area contributed by atoms with Gasteiger partial charge in [0, 0.05) is 17.3 Å². The topological polar surface area (TPSA) is 25.8 Å². The quantitative estimate of drug-likeness (QED) is 0.648. The van der Waals surface area contributed by atoms with Crippen LogP contribution in [0.1, 0.15) is 11.3 Å². The van der Waals surface area contributed by atoms with E-state index < -0.39 is 11.7 Å². The molecule has 3 rings (SSSR count). The molecule has 0 N–H and O–H groups in total. The summed E-state index contributed by atoms with van der Waals surface area (Å²) in [6, 6.07) is 8.82. The summed E-state index contributed by atoms with van der Waals surface area (Å²) in [5.74, 6) is 0. The molecule has 1 aromatic carbocycles. The summed E-state index contributed by atoms with van der Waals surface area (Å²) in [5, 5.41) is 2.65. The van der Waals surface area contributed by atoms with Gasteiger partial charge >= 0.3 is 6.18 Å². The van der Waals surface area contributed by atoms with Crippen LogP contribution < -0.4 is 0 Å². The molecule has 0 aliphatic carbocycles. The zero-order valence-electron chi connectivity index (χ0n) is 11.6. The summed E-state index contributed by atoms with van der Waals surface area (Å²) in [6.45, 7) is 1.85. The third-order valence-corrected chi connectivity index (χ3v) is 3.95. The van der Waals surface area contributed by atoms with Gasteiger partial charge in [-0.05, 0) is 42.3 Å². The number of alkyl halides is 3. The zero-order chi connectivity index (χ0) is 15.7. The smallest absolute Gasteiger partial charge is 0.251 e. The Morgan fingerprint density at radius 1 is 1.00 bits per heavy atom. The second-order valence-electron chi connectivity index (χ2n) is 4.79. The predicted octanol–water partition coefficient (Wildman–Crippen LogP) is 5.20. The minimum Gasteiger partial charge on any atom is -0.251 e. The van der Waals surface area contributed by atoms with Gasteiger partial charge < -0.3 is 0 Å². The van der Waals surface area contributed by atoms with Crippen LogP contribution in [-0.2, 0) is 6.18 Å². The molecule has 0 aliphatic heterocycles. The van der Waals surface area contributed by atoms with Crippen LogP contribution in [0.2, 0.25) is 0 Å². The molecule has 0 bridgehead atoms. The summed E-state index contributed by atoms with van der Waals surface area (Å²) in [5.41, 5.74) is 2.41. The number of halogens is 3. The minimum atomic E-state index is -4.32. The van der Waals surface area contributed by atoms with Crippen molar-refractivity contribution in [3.05, 3.63) is 59.2 Å². The normalized spacial score (nSPS) is 11.6. The van der Waals surface area contributed by atoms with Crippen molar-refractivity contribution in [2.24, 2.45) is 0 Å². The monoisotopic (exact) mass is 320 g/mol. The van der Waals surface area contributed by atoms with E-state index in [0.717, 1.165) is 39.7 Å². The largest absolute Gasteiger partial charge is 0.416 e. The number of pyridine rings is 1. The first kappa shape index (κ1) is 14.7. The molecule has 0 saturated heterocycles. The Kier molecular flexibility index (Phi) is 3.70. The van der Waals surface area contributed by atoms with Crippen molar-refractivity contribution in [3.63, 3.8) is 0 Å². The summed E-state index contributed by atoms with van der Waals surface area (Å²) >= 11 is 1.47. The Labute approximate surface area is 129 Å². The van der Waals surface area contributed by atoms with E-state index in [-0.39, 0.29) is 0 Å². The maximum atomic E-state index is 12.6. The van der Waals surface area contributed by atoms with Gasteiger partial charge in [0.05, 0.1) is 11.3 Å². The molecule has 22 heavy (non-hydrogen) atoms. The molecule has 6 heteroatoms. The highest BCUT2D eigenvalue weighted by Gasteiger charge is 2.29. The lowest BCUT2D eigenvalue weighted by Crippen LogP contribution is -2.04. The molecule has 3 aromatic rings. The Bertz CT molecular complexity index is 778. The highest BCUT2D eigenvalue weighted by atomic mass is 32.1. The van der Waals surface area contributed by atoms with E-state index >= 15 is 0 Å². The Hall–Kier alpha value is -2.21. The molecule has 112 valence electrons. The molecule has 2 nitrogen and oxygen atoms in total. The van der Waals surface area contributed by atoms with Gasteiger partial charge in [0.1, 0.15) is 5.01 Å². The fourth-order valence-corrected chi connectivity index (χ4v) is 2.74. The Morgan fingerprint density at radius 3 is 2.32 bits per heavy atom. The highest BCUT2D eigenvalue weighted by Crippen LogP contribution is 2.32. The summed E-state index contributed by atoms with van der Waals surface area (Å²) < 4.78 is 37.9. The van der Waals surface area contributed by atoms with Crippen molar-refractivity contribution in [2.75, 3.05) is 0 Å². The molecule has 0 saturated carbocycles. The molecule has 0 atom stereocenters. The van der Waals surface area contributed by atoms with Crippen LogP contribution in [-0.4, -0.2) is 9.97 Å². The summed E-state index contributed by atoms with van der Waals surface area (Å²) in [4.78, 5) is 8.64. The molecule has 0 spiro atoms. The molecule has 0 aliphatic rings. The Morgan fingerprint density at radius 2 is 1.73 bits per heavy atom. The first-order valence-electron chi connectivity index (χ1n) is 6.50. The fourth-order valence-electron chi connectivity index (χ4n) is 2.15. The van der Waals surface area contributed by atoms with Crippen LogP contribution in [0.15, 0.2) is 48.0 Å². The molecule has 0 amide bonds. The van der Waals surface area contributed by atoms with Crippen molar-refractivity contribution in [3.8, 4) is 21.8 Å². The van der Waals surface area contributed by atoms with Gasteiger partial charge in [0.25, 0.3) is 0 Å². The third-order valence-electron chi connectivity index (χ3n) is 3.15. The van der Waals surface area contributed by atoms with Gasteiger partial charge in [-0.3, -0.25) is 4.98 Å². The standard InChI is InChI=1S/C16H11F3N2S/c1-10-8-12(9-14(21-10)15-20-6-7-22-15)11-2-4-13(5-3-11)16(17,18)19/h2-9H,1H3. The van der Waals surface area contributed by atoms with E-state index in [1.807, 2.05) is 24.4 Å². The molecular weight excluding hydrogens is 309 g/mol. The molecule has 2 heterocycles. The van der Waals surface area contributed by atoms with Crippen molar-refractivity contribution >= 4 is 11.3 Å². The number of aromatic nitrogens is 2. The number of aryl methyl sites for hydroxylation is 1. The second-order valence-corrected chi connectivity index (χ2v) is 5.69. The highest BCUT2D eigenvalue weighted by molar-refractivity contribution is 7.13. The first-order chi connectivity index (χ1) is 10.4. The van der Waals surface area contributed by atoms with Crippen LogP contribution >= 0.6 is 11.3 Å². The van der Waals surface area contributed by atoms with Crippen LogP contribution in [0.25, 0.3) is 21.8 Å². The number of thiazole rings is 1. The van der Waals surface area contributed by atoms with Crippen molar-refractivity contribution < 1.29 is 13.2 Å². The SMILES string of the molecule is Cc1cc(-c2ccc(C(F)(F)F)cc2)cc(-c2nccs2)n1. The molecule has 0 unspecified atom stereocenters. The summed E-state index contributed by atoms with van der Waals surface area (Å²) in [7, 11) is 0. The number of rotatable bonds is 2. The van der Waals surface area contributed by atoms with Gasteiger partial charge in [0.2, 0.25) is 0 Å². The van der Waals surface area contributed by atoms with E-state index in [0.29, 0.717) is 0 Å². The van der Waals surface area contributed by atoms with Crippen LogP contribution in [0, 0.1) is 6.92 Å². The van der Waals surface area contributed by atoms with E-state index in [2.05, 4.69) is 9.97 Å². The number of hydrogen-bond acceptors (Lipinski definition) is 3. The zero-order valence-corrected chi connectivity index (χ0v) is 12.4. The fraction of sp³-hybridized carbons (Fsp3) is 0.125. The minimum absolute atomic E-state index is 0.651. The van der Waals surface area contributed by atoms with E-state index in [1.54, 1.807) is 6.20 Å². The van der Waals surface area contributed by atoms with Crippen molar-refractivity contribution in [1.82, 2.24) is 9.97 Å². The van der Waals surface area contributed by atoms with Gasteiger partial charge in [-0.25, -0.2) is 4.98 Å². The van der Waals surface area contributed by atoms with Crippen LogP contribution in [0.3, 0.4) is 0 Å². The maximum Gasteiger partial charge on any atom is 0.416 e. The van der Waals surface area contributed by atoms with Crippen molar-refractivity contribution in [1.29, 1.82) is 0 Å². The van der Waals surface area contributed by atoms with E-state index in [1.165, 1.54) is 23.5 Å². The lowest BCUT2D eigenvalue weighted by molar-refractivity contribution is -0.137. The average Bonchev–Trinajstić information content (AvgIpc) is 3.00. The predicted molar refractivity (Wildman–Crippen MR) is 80.5 cm³/mol. The van der Waals surface area contributed by atoms with Crippen LogP contribution in [0.4, 0.5) is 13.2 Å². The molecule has 2 aromatic heterocycles. The number of benzene rings is 1. The third kappa shape index (κ3) is 3.01. The summed E-state index contributed by atoms with van der Waals surface area (Å²) in [6.07, 6.45) is -2.62. The van der Waals surface area contributed by atoms with Crippen LogP contribution in [0.5, 0.6) is 0 Å². The Balaban J connectivity index is 2.01. The van der Waals surface area contributed by atoms with E-state index in [4.69, 9.17) is 0 Å².